The van der Waals surface area contributed by atoms with Gasteiger partial charge in [0, 0.05) is 13.2 Å². The molecule has 0 saturated heterocycles. The van der Waals surface area contributed by atoms with Gasteiger partial charge < -0.3 is 9.88 Å². The third-order valence-electron chi connectivity index (χ3n) is 2.88. The van der Waals surface area contributed by atoms with Crippen LogP contribution in [-0.2, 0) is 18.0 Å². The van der Waals surface area contributed by atoms with Gasteiger partial charge in [-0.1, -0.05) is 35.0 Å². The summed E-state index contributed by atoms with van der Waals surface area (Å²) < 4.78 is 38.6. The largest absolute Gasteiger partial charge is 0.451 e. The van der Waals surface area contributed by atoms with Crippen molar-refractivity contribution in [3.8, 4) is 0 Å². The van der Waals surface area contributed by atoms with Crippen LogP contribution in [0.4, 0.5) is 19.0 Å². The average molecular weight is 400 g/mol. The molecule has 0 aliphatic carbocycles. The second-order valence-corrected chi connectivity index (χ2v) is 6.32. The first kappa shape index (κ1) is 18.8. The number of nitrogens with zero attached hydrogens (tertiary/aromatic N) is 4. The van der Waals surface area contributed by atoms with Gasteiger partial charge in [-0.15, -0.1) is 10.2 Å². The van der Waals surface area contributed by atoms with E-state index < -0.39 is 17.9 Å². The number of nitrogens with one attached hydrogen (secondary N) is 1. The number of halogens is 5. The molecule has 1 amide bonds. The number of thioether (sulfide) groups is 1. The Balaban J connectivity index is 2.02. The van der Waals surface area contributed by atoms with Gasteiger partial charge in [0.15, 0.2) is 11.0 Å². The molecule has 130 valence electrons. The molecule has 0 radical (unpaired) electrons. The molecule has 2 aromatic rings. The lowest BCUT2D eigenvalue weighted by Crippen LogP contribution is -2.16. The second kappa shape index (κ2) is 7.16. The SMILES string of the molecule is Cc1c(Cl)cnc(NC(=O)CSc2nnc(C(F)(F)F)n2C)c1Cl. The van der Waals surface area contributed by atoms with Gasteiger partial charge >= 0.3 is 6.18 Å². The van der Waals surface area contributed by atoms with Crippen LogP contribution in [0.25, 0.3) is 0 Å². The Kier molecular flexibility index (Phi) is 5.61. The van der Waals surface area contributed by atoms with E-state index in [0.717, 1.165) is 16.3 Å². The Morgan fingerprint density at radius 3 is 2.62 bits per heavy atom. The predicted octanol–water partition coefficient (Wildman–Crippen LogP) is 3.57. The van der Waals surface area contributed by atoms with E-state index in [1.165, 1.54) is 13.2 Å². The molecular weight excluding hydrogens is 390 g/mol. The maximum absolute atomic E-state index is 12.6. The van der Waals surface area contributed by atoms with E-state index in [1.807, 2.05) is 0 Å². The number of rotatable bonds is 4. The topological polar surface area (TPSA) is 72.7 Å². The third kappa shape index (κ3) is 4.11. The number of aromatic nitrogens is 4. The van der Waals surface area contributed by atoms with E-state index in [-0.39, 0.29) is 21.7 Å². The summed E-state index contributed by atoms with van der Waals surface area (Å²) in [6.07, 6.45) is -3.27. The maximum atomic E-state index is 12.6. The summed E-state index contributed by atoms with van der Waals surface area (Å²) in [5, 5.41) is 9.46. The highest BCUT2D eigenvalue weighted by molar-refractivity contribution is 7.99. The summed E-state index contributed by atoms with van der Waals surface area (Å²) in [4.78, 5) is 15.8. The molecule has 0 atom stereocenters. The van der Waals surface area contributed by atoms with E-state index in [2.05, 4.69) is 20.5 Å². The monoisotopic (exact) mass is 399 g/mol. The summed E-state index contributed by atoms with van der Waals surface area (Å²) in [5.74, 6) is -1.71. The molecule has 0 aliphatic heterocycles. The van der Waals surface area contributed by atoms with Gasteiger partial charge in [0.1, 0.15) is 0 Å². The van der Waals surface area contributed by atoms with Crippen LogP contribution in [0.2, 0.25) is 10.0 Å². The molecule has 0 aliphatic rings. The first-order chi connectivity index (χ1) is 11.1. The standard InChI is InChI=1S/C12H10Cl2F3N5OS/c1-5-6(13)3-18-9(8(5)14)19-7(23)4-24-11-21-20-10(22(11)2)12(15,16)17/h3H,4H2,1-2H3,(H,18,19,23). The van der Waals surface area contributed by atoms with Gasteiger partial charge in [0.2, 0.25) is 11.7 Å². The van der Waals surface area contributed by atoms with Crippen LogP contribution in [0.3, 0.4) is 0 Å². The summed E-state index contributed by atoms with van der Waals surface area (Å²) in [6, 6.07) is 0. The lowest BCUT2D eigenvalue weighted by atomic mass is 10.3. The molecule has 0 unspecified atom stereocenters. The Hall–Kier alpha value is -1.52. The number of hydrogen-bond donors (Lipinski definition) is 1. The third-order valence-corrected chi connectivity index (χ3v) is 4.74. The first-order valence-corrected chi connectivity index (χ1v) is 8.05. The van der Waals surface area contributed by atoms with Crippen LogP contribution in [0.1, 0.15) is 11.4 Å². The highest BCUT2D eigenvalue weighted by Crippen LogP contribution is 2.30. The number of amides is 1. The van der Waals surface area contributed by atoms with Crippen molar-refractivity contribution in [1.82, 2.24) is 19.7 Å². The highest BCUT2D eigenvalue weighted by Gasteiger charge is 2.37. The molecule has 2 aromatic heterocycles. The van der Waals surface area contributed by atoms with Crippen LogP contribution < -0.4 is 5.32 Å². The van der Waals surface area contributed by atoms with Crippen LogP contribution in [0.5, 0.6) is 0 Å². The zero-order valence-electron chi connectivity index (χ0n) is 12.3. The molecule has 0 fully saturated rings. The van der Waals surface area contributed by atoms with E-state index in [1.54, 1.807) is 6.92 Å². The van der Waals surface area contributed by atoms with Crippen LogP contribution in [0.15, 0.2) is 11.4 Å². The summed E-state index contributed by atoms with van der Waals surface area (Å²) >= 11 is 12.7. The fourth-order valence-electron chi connectivity index (χ4n) is 1.63. The number of carbonyl (C=O) groups is 1. The van der Waals surface area contributed by atoms with Crippen molar-refractivity contribution in [3.05, 3.63) is 27.6 Å². The van der Waals surface area contributed by atoms with Crippen molar-refractivity contribution in [2.24, 2.45) is 7.05 Å². The Morgan fingerprint density at radius 2 is 2.04 bits per heavy atom. The fraction of sp³-hybridized carbons (Fsp3) is 0.333. The minimum Gasteiger partial charge on any atom is -0.309 e. The second-order valence-electron chi connectivity index (χ2n) is 4.59. The fourth-order valence-corrected chi connectivity index (χ4v) is 2.73. The lowest BCUT2D eigenvalue weighted by Gasteiger charge is -2.09. The van der Waals surface area contributed by atoms with Crippen molar-refractivity contribution < 1.29 is 18.0 Å². The van der Waals surface area contributed by atoms with Gasteiger partial charge in [0.25, 0.3) is 0 Å². The number of hydrogen-bond acceptors (Lipinski definition) is 5. The Morgan fingerprint density at radius 1 is 1.38 bits per heavy atom. The normalized spacial score (nSPS) is 11.6. The van der Waals surface area contributed by atoms with Crippen molar-refractivity contribution in [2.75, 3.05) is 11.1 Å². The van der Waals surface area contributed by atoms with Crippen molar-refractivity contribution in [3.63, 3.8) is 0 Å². The molecule has 2 heterocycles. The van der Waals surface area contributed by atoms with E-state index in [9.17, 15) is 18.0 Å². The number of carbonyl (C=O) groups excluding carboxylic acids is 1. The lowest BCUT2D eigenvalue weighted by molar-refractivity contribution is -0.147. The molecule has 0 saturated carbocycles. The molecule has 0 bridgehead atoms. The number of anilines is 1. The first-order valence-electron chi connectivity index (χ1n) is 6.31. The van der Waals surface area contributed by atoms with Gasteiger partial charge in [-0.05, 0) is 12.5 Å². The van der Waals surface area contributed by atoms with Crippen LogP contribution in [-0.4, -0.2) is 31.4 Å². The quantitative estimate of drug-likeness (QED) is 0.795. The number of pyridine rings is 1. The average Bonchev–Trinajstić information content (AvgIpc) is 2.87. The van der Waals surface area contributed by atoms with E-state index >= 15 is 0 Å². The van der Waals surface area contributed by atoms with Gasteiger partial charge in [-0.25, -0.2) is 4.98 Å². The molecule has 12 heteroatoms. The van der Waals surface area contributed by atoms with Crippen molar-refractivity contribution in [1.29, 1.82) is 0 Å². The van der Waals surface area contributed by atoms with Gasteiger partial charge in [0.05, 0.1) is 15.8 Å². The van der Waals surface area contributed by atoms with Crippen LogP contribution in [0, 0.1) is 6.92 Å². The zero-order chi connectivity index (χ0) is 18.1. The minimum atomic E-state index is -4.61. The molecule has 1 N–H and O–H groups in total. The Labute approximate surface area is 148 Å². The smallest absolute Gasteiger partial charge is 0.309 e. The minimum absolute atomic E-state index is 0.0381. The van der Waals surface area contributed by atoms with Crippen LogP contribution >= 0.6 is 35.0 Å². The maximum Gasteiger partial charge on any atom is 0.451 e. The molecule has 24 heavy (non-hydrogen) atoms. The molecular formula is C12H10Cl2F3N5OS. The van der Waals surface area contributed by atoms with Crippen molar-refractivity contribution in [2.45, 2.75) is 18.3 Å². The number of alkyl halides is 3. The summed E-state index contributed by atoms with van der Waals surface area (Å²) in [6.45, 7) is 1.66. The summed E-state index contributed by atoms with van der Waals surface area (Å²) in [7, 11) is 1.17. The zero-order valence-corrected chi connectivity index (χ0v) is 14.6. The molecule has 2 rings (SSSR count). The summed E-state index contributed by atoms with van der Waals surface area (Å²) in [5.41, 5.74) is 0.555. The Bertz CT molecular complexity index is 781. The van der Waals surface area contributed by atoms with Crippen molar-refractivity contribution >= 4 is 46.7 Å². The molecule has 0 spiro atoms. The highest BCUT2D eigenvalue weighted by atomic mass is 35.5. The molecule has 6 nitrogen and oxygen atoms in total. The van der Waals surface area contributed by atoms with Gasteiger partial charge in [-0.2, -0.15) is 13.2 Å². The van der Waals surface area contributed by atoms with E-state index in [0.29, 0.717) is 10.6 Å². The predicted molar refractivity (Wildman–Crippen MR) is 84.4 cm³/mol. The van der Waals surface area contributed by atoms with E-state index in [4.69, 9.17) is 23.2 Å². The molecule has 0 aromatic carbocycles. The van der Waals surface area contributed by atoms with Gasteiger partial charge in [-0.3, -0.25) is 4.79 Å².